The summed E-state index contributed by atoms with van der Waals surface area (Å²) in [6, 6.07) is 0.977. The maximum atomic E-state index is 2.66. The molecule has 0 radical (unpaired) electrons. The third-order valence-corrected chi connectivity index (χ3v) is 2.94. The first-order valence-corrected chi connectivity index (χ1v) is 4.12. The predicted octanol–water partition coefficient (Wildman–Crippen LogP) is 1.49. The second kappa shape index (κ2) is 1.98. The van der Waals surface area contributed by atoms with Gasteiger partial charge in [0.05, 0.1) is 0 Å². The van der Waals surface area contributed by atoms with Crippen LogP contribution in [0.1, 0.15) is 26.2 Å². The Morgan fingerprint density at radius 3 is 2.89 bits per heavy atom. The number of nitrogens with zero attached hydrogens (tertiary/aromatic N) is 1. The summed E-state index contributed by atoms with van der Waals surface area (Å²) in [5, 5.41) is 0. The lowest BCUT2D eigenvalue weighted by atomic mass is 10.0. The van der Waals surface area contributed by atoms with Crippen molar-refractivity contribution in [1.82, 2.24) is 4.90 Å². The molecule has 52 valence electrons. The molecule has 2 rings (SSSR count). The van der Waals surface area contributed by atoms with Gasteiger partial charge in [0.25, 0.3) is 0 Å². The van der Waals surface area contributed by atoms with Crippen LogP contribution in [0.4, 0.5) is 0 Å². The van der Waals surface area contributed by atoms with Crippen LogP contribution in [0, 0.1) is 5.92 Å². The quantitative estimate of drug-likeness (QED) is 0.474. The van der Waals surface area contributed by atoms with E-state index in [-0.39, 0.29) is 0 Å². The molecule has 0 aromatic rings. The third kappa shape index (κ3) is 0.787. The van der Waals surface area contributed by atoms with Crippen LogP contribution in [-0.2, 0) is 0 Å². The van der Waals surface area contributed by atoms with Crippen molar-refractivity contribution < 1.29 is 0 Å². The van der Waals surface area contributed by atoms with E-state index in [1.165, 1.54) is 32.4 Å². The molecule has 0 amide bonds. The van der Waals surface area contributed by atoms with Crippen molar-refractivity contribution in [3.63, 3.8) is 0 Å². The lowest BCUT2D eigenvalue weighted by molar-refractivity contribution is 0.298. The van der Waals surface area contributed by atoms with Gasteiger partial charge in [-0.2, -0.15) is 0 Å². The fraction of sp³-hybridized carbons (Fsp3) is 1.00. The van der Waals surface area contributed by atoms with Gasteiger partial charge in [-0.15, -0.1) is 0 Å². The van der Waals surface area contributed by atoms with Gasteiger partial charge in [0.2, 0.25) is 0 Å². The lowest BCUT2D eigenvalue weighted by Crippen LogP contribution is -2.24. The third-order valence-electron chi connectivity index (χ3n) is 2.94. The van der Waals surface area contributed by atoms with Crippen molar-refractivity contribution in [2.75, 3.05) is 13.1 Å². The number of fused-ring (bicyclic) bond motifs is 1. The summed E-state index contributed by atoms with van der Waals surface area (Å²) in [6.07, 6.45) is 4.38. The van der Waals surface area contributed by atoms with E-state index in [0.29, 0.717) is 0 Å². The Kier molecular flexibility index (Phi) is 1.26. The topological polar surface area (TPSA) is 3.24 Å². The minimum atomic E-state index is 0.977. The van der Waals surface area contributed by atoms with Crippen LogP contribution < -0.4 is 0 Å². The molecule has 1 nitrogen and oxygen atoms in total. The van der Waals surface area contributed by atoms with E-state index in [4.69, 9.17) is 0 Å². The Bertz CT molecular complexity index is 111. The number of rotatable bonds is 0. The van der Waals surface area contributed by atoms with Crippen molar-refractivity contribution in [2.45, 2.75) is 32.2 Å². The Morgan fingerprint density at radius 2 is 2.11 bits per heavy atom. The molecule has 0 saturated carbocycles. The molecule has 2 aliphatic rings. The van der Waals surface area contributed by atoms with Gasteiger partial charge in [0.15, 0.2) is 0 Å². The van der Waals surface area contributed by atoms with E-state index in [0.717, 1.165) is 12.0 Å². The van der Waals surface area contributed by atoms with E-state index in [1.807, 2.05) is 0 Å². The highest BCUT2D eigenvalue weighted by Crippen LogP contribution is 2.31. The molecular formula is C8H15N. The molecule has 0 aromatic carbocycles. The summed E-state index contributed by atoms with van der Waals surface area (Å²) in [7, 11) is 0. The Labute approximate surface area is 57.0 Å². The molecule has 2 heterocycles. The summed E-state index contributed by atoms with van der Waals surface area (Å²) in [5.41, 5.74) is 0. The van der Waals surface area contributed by atoms with Crippen molar-refractivity contribution in [2.24, 2.45) is 5.92 Å². The monoisotopic (exact) mass is 125 g/mol. The highest BCUT2D eigenvalue weighted by atomic mass is 15.2. The lowest BCUT2D eigenvalue weighted by Gasteiger charge is -2.16. The zero-order valence-electron chi connectivity index (χ0n) is 6.14. The van der Waals surface area contributed by atoms with Gasteiger partial charge in [-0.3, -0.25) is 0 Å². The zero-order valence-corrected chi connectivity index (χ0v) is 6.14. The second-order valence-corrected chi connectivity index (χ2v) is 3.51. The first-order chi connectivity index (χ1) is 4.38. The standard InChI is InChI=1S/C8H15N/c1-7-4-6-9-5-2-3-8(7)9/h7-8H,2-6H2,1H3/t7-,8+/m1/s1. The fourth-order valence-corrected chi connectivity index (χ4v) is 2.34. The summed E-state index contributed by atoms with van der Waals surface area (Å²) < 4.78 is 0. The minimum Gasteiger partial charge on any atom is -0.300 e. The molecule has 0 unspecified atom stereocenters. The molecule has 2 atom stereocenters. The van der Waals surface area contributed by atoms with E-state index in [2.05, 4.69) is 11.8 Å². The zero-order chi connectivity index (χ0) is 6.27. The summed E-state index contributed by atoms with van der Waals surface area (Å²) in [4.78, 5) is 2.66. The average molecular weight is 125 g/mol. The predicted molar refractivity (Wildman–Crippen MR) is 38.4 cm³/mol. The first-order valence-electron chi connectivity index (χ1n) is 4.12. The van der Waals surface area contributed by atoms with Gasteiger partial charge in [0.1, 0.15) is 0 Å². The van der Waals surface area contributed by atoms with Gasteiger partial charge in [0, 0.05) is 6.04 Å². The molecule has 2 saturated heterocycles. The summed E-state index contributed by atoms with van der Waals surface area (Å²) in [6.45, 7) is 5.16. The van der Waals surface area contributed by atoms with Gasteiger partial charge in [-0.1, -0.05) is 6.92 Å². The highest BCUT2D eigenvalue weighted by Gasteiger charge is 2.33. The summed E-state index contributed by atoms with van der Waals surface area (Å²) in [5.74, 6) is 0.993. The van der Waals surface area contributed by atoms with E-state index >= 15 is 0 Å². The van der Waals surface area contributed by atoms with Crippen molar-refractivity contribution in [3.05, 3.63) is 0 Å². The van der Waals surface area contributed by atoms with Crippen molar-refractivity contribution in [3.8, 4) is 0 Å². The van der Waals surface area contributed by atoms with Crippen LogP contribution in [0.15, 0.2) is 0 Å². The molecule has 0 spiro atoms. The molecule has 2 fully saturated rings. The SMILES string of the molecule is C[C@@H]1CCN2CCC[C@@H]12. The van der Waals surface area contributed by atoms with E-state index < -0.39 is 0 Å². The second-order valence-electron chi connectivity index (χ2n) is 3.51. The van der Waals surface area contributed by atoms with Gasteiger partial charge < -0.3 is 4.90 Å². The number of hydrogen-bond donors (Lipinski definition) is 0. The minimum absolute atomic E-state index is 0.977. The summed E-state index contributed by atoms with van der Waals surface area (Å²) >= 11 is 0. The molecule has 1 heteroatoms. The van der Waals surface area contributed by atoms with Crippen LogP contribution in [0.3, 0.4) is 0 Å². The first kappa shape index (κ1) is 5.72. The van der Waals surface area contributed by atoms with E-state index in [9.17, 15) is 0 Å². The maximum Gasteiger partial charge on any atom is 0.0122 e. The van der Waals surface area contributed by atoms with Crippen molar-refractivity contribution in [1.29, 1.82) is 0 Å². The molecule has 0 N–H and O–H groups in total. The molecule has 0 bridgehead atoms. The largest absolute Gasteiger partial charge is 0.300 e. The maximum absolute atomic E-state index is 2.66. The fourth-order valence-electron chi connectivity index (χ4n) is 2.34. The smallest absolute Gasteiger partial charge is 0.0122 e. The molecule has 2 aliphatic heterocycles. The molecule has 0 aromatic heterocycles. The highest BCUT2D eigenvalue weighted by molar-refractivity contribution is 4.88. The van der Waals surface area contributed by atoms with Crippen LogP contribution in [0.25, 0.3) is 0 Å². The van der Waals surface area contributed by atoms with Crippen molar-refractivity contribution >= 4 is 0 Å². The van der Waals surface area contributed by atoms with E-state index in [1.54, 1.807) is 0 Å². The van der Waals surface area contributed by atoms with Gasteiger partial charge in [-0.25, -0.2) is 0 Å². The molecule has 0 aliphatic carbocycles. The Morgan fingerprint density at radius 1 is 1.22 bits per heavy atom. The van der Waals surface area contributed by atoms with Gasteiger partial charge >= 0.3 is 0 Å². The van der Waals surface area contributed by atoms with Crippen LogP contribution in [0.2, 0.25) is 0 Å². The van der Waals surface area contributed by atoms with Crippen LogP contribution >= 0.6 is 0 Å². The normalized spacial score (nSPS) is 43.7. The Hall–Kier alpha value is -0.0400. The average Bonchev–Trinajstić information content (AvgIpc) is 2.35. The van der Waals surface area contributed by atoms with Crippen LogP contribution in [0.5, 0.6) is 0 Å². The Balaban J connectivity index is 2.07. The molecule has 9 heavy (non-hydrogen) atoms. The van der Waals surface area contributed by atoms with Crippen LogP contribution in [-0.4, -0.2) is 24.0 Å². The molecular weight excluding hydrogens is 110 g/mol. The number of hydrogen-bond acceptors (Lipinski definition) is 1. The van der Waals surface area contributed by atoms with Gasteiger partial charge in [-0.05, 0) is 38.3 Å².